The van der Waals surface area contributed by atoms with Gasteiger partial charge >= 0.3 is 110 Å². The summed E-state index contributed by atoms with van der Waals surface area (Å²) in [6.07, 6.45) is 8.95. The molecule has 17 heavy (non-hydrogen) atoms. The zero-order chi connectivity index (χ0) is 13.4. The topological polar surface area (TPSA) is 9.23 Å². The Hall–Kier alpha value is 0.390. The van der Waals surface area contributed by atoms with E-state index in [9.17, 15) is 0 Å². The Balaban J connectivity index is 4.28. The summed E-state index contributed by atoms with van der Waals surface area (Å²) in [6, 6.07) is 0. The molecule has 0 aliphatic rings. The van der Waals surface area contributed by atoms with Crippen molar-refractivity contribution in [3.05, 3.63) is 0 Å². The molecular formula is C15H35OP. The van der Waals surface area contributed by atoms with Gasteiger partial charge < -0.3 is 0 Å². The van der Waals surface area contributed by atoms with E-state index in [4.69, 9.17) is 4.74 Å². The van der Waals surface area contributed by atoms with E-state index in [1.165, 1.54) is 37.7 Å². The summed E-state index contributed by atoms with van der Waals surface area (Å²) < 4.78 is 6.17. The van der Waals surface area contributed by atoms with Crippen LogP contribution in [0.4, 0.5) is 0 Å². The van der Waals surface area contributed by atoms with Gasteiger partial charge in [-0.2, -0.15) is 0 Å². The van der Waals surface area contributed by atoms with Crippen molar-refractivity contribution in [1.82, 2.24) is 0 Å². The van der Waals surface area contributed by atoms with Crippen LogP contribution in [0, 0.1) is 5.41 Å². The Morgan fingerprint density at radius 3 is 1.47 bits per heavy atom. The van der Waals surface area contributed by atoms with Gasteiger partial charge in [0.05, 0.1) is 0 Å². The summed E-state index contributed by atoms with van der Waals surface area (Å²) in [4.78, 5) is 0. The Labute approximate surface area is 110 Å². The first-order valence-corrected chi connectivity index (χ1v) is 10.5. The SMILES string of the molecule is CCC(CC)(CC)COC[PH](CC)(CC)CC. The average Bonchev–Trinajstić information content (AvgIpc) is 2.41. The van der Waals surface area contributed by atoms with E-state index in [1.54, 1.807) is 0 Å². The Kier molecular flexibility index (Phi) is 8.68. The van der Waals surface area contributed by atoms with Gasteiger partial charge in [0.15, 0.2) is 0 Å². The molecule has 0 heterocycles. The van der Waals surface area contributed by atoms with E-state index in [0.29, 0.717) is 5.41 Å². The van der Waals surface area contributed by atoms with Gasteiger partial charge in [0, 0.05) is 0 Å². The summed E-state index contributed by atoms with van der Waals surface area (Å²) in [5.41, 5.74) is 0.440. The molecule has 0 bridgehead atoms. The molecule has 0 aliphatic carbocycles. The third-order valence-corrected chi connectivity index (χ3v) is 10.6. The summed E-state index contributed by atoms with van der Waals surface area (Å²) in [6.45, 7) is 15.0. The Morgan fingerprint density at radius 1 is 0.765 bits per heavy atom. The van der Waals surface area contributed by atoms with E-state index >= 15 is 0 Å². The molecule has 0 unspecified atom stereocenters. The van der Waals surface area contributed by atoms with E-state index in [1.807, 2.05) is 0 Å². The second-order valence-electron chi connectivity index (χ2n) is 5.61. The molecule has 0 rings (SSSR count). The van der Waals surface area contributed by atoms with Crippen LogP contribution in [0.1, 0.15) is 60.8 Å². The summed E-state index contributed by atoms with van der Waals surface area (Å²) >= 11 is 0. The zero-order valence-corrected chi connectivity index (χ0v) is 14.1. The van der Waals surface area contributed by atoms with Gasteiger partial charge in [-0.25, -0.2) is 0 Å². The molecule has 0 amide bonds. The van der Waals surface area contributed by atoms with Crippen LogP contribution in [-0.2, 0) is 4.74 Å². The molecule has 0 spiro atoms. The second-order valence-corrected chi connectivity index (χ2v) is 11.0. The van der Waals surface area contributed by atoms with E-state index in [2.05, 4.69) is 41.5 Å². The van der Waals surface area contributed by atoms with Crippen molar-refractivity contribution in [1.29, 1.82) is 0 Å². The predicted octanol–water partition coefficient (Wildman–Crippen LogP) is 4.99. The van der Waals surface area contributed by atoms with Crippen molar-refractivity contribution in [3.63, 3.8) is 0 Å². The van der Waals surface area contributed by atoms with Crippen LogP contribution in [0.2, 0.25) is 0 Å². The summed E-state index contributed by atoms with van der Waals surface area (Å²) in [5.74, 6) is 0. The van der Waals surface area contributed by atoms with Crippen LogP contribution < -0.4 is 0 Å². The predicted molar refractivity (Wildman–Crippen MR) is 84.1 cm³/mol. The van der Waals surface area contributed by atoms with Gasteiger partial charge in [-0.3, -0.25) is 0 Å². The van der Waals surface area contributed by atoms with E-state index in [0.717, 1.165) is 13.0 Å². The van der Waals surface area contributed by atoms with Crippen molar-refractivity contribution in [3.8, 4) is 0 Å². The molecule has 0 N–H and O–H groups in total. The first-order valence-electron chi connectivity index (χ1n) is 7.65. The molecule has 0 radical (unpaired) electrons. The van der Waals surface area contributed by atoms with Gasteiger partial charge in [-0.1, -0.05) is 0 Å². The number of hydrogen-bond donors (Lipinski definition) is 0. The fraction of sp³-hybridized carbons (Fsp3) is 1.00. The number of ether oxygens (including phenoxy) is 1. The maximum atomic E-state index is 6.17. The van der Waals surface area contributed by atoms with Crippen molar-refractivity contribution < 1.29 is 4.74 Å². The third kappa shape index (κ3) is 4.87. The fourth-order valence-electron chi connectivity index (χ4n) is 2.60. The maximum absolute atomic E-state index is 6.17. The average molecular weight is 262 g/mol. The number of hydrogen-bond acceptors (Lipinski definition) is 1. The van der Waals surface area contributed by atoms with Crippen LogP contribution >= 0.6 is 7.26 Å². The first kappa shape index (κ1) is 17.4. The standard InChI is InChI=1S/C15H35OP/c1-7-15(8-2,9-3)13-16-14-17(10-4,11-5)12-6/h17H,7-14H2,1-6H3. The quantitative estimate of drug-likeness (QED) is 0.504. The zero-order valence-electron chi connectivity index (χ0n) is 13.1. The number of rotatable bonds is 10. The molecule has 0 aromatic carbocycles. The van der Waals surface area contributed by atoms with Gasteiger partial charge in [-0.05, 0) is 0 Å². The Bertz CT molecular complexity index is 147. The normalized spacial score (nSPS) is 14.0. The molecule has 2 heteroatoms. The van der Waals surface area contributed by atoms with Crippen LogP contribution in [0.25, 0.3) is 0 Å². The van der Waals surface area contributed by atoms with Crippen LogP contribution in [-0.4, -0.2) is 31.4 Å². The minimum atomic E-state index is -1.08. The van der Waals surface area contributed by atoms with Crippen molar-refractivity contribution in [2.75, 3.05) is 31.4 Å². The Morgan fingerprint density at radius 2 is 1.18 bits per heavy atom. The van der Waals surface area contributed by atoms with E-state index in [-0.39, 0.29) is 0 Å². The molecule has 1 nitrogen and oxygen atoms in total. The molecule has 0 aromatic heterocycles. The van der Waals surface area contributed by atoms with Crippen LogP contribution in [0.15, 0.2) is 0 Å². The van der Waals surface area contributed by atoms with Crippen molar-refractivity contribution in [2.24, 2.45) is 5.41 Å². The molecule has 0 saturated carbocycles. The van der Waals surface area contributed by atoms with Gasteiger partial charge in [-0.15, -0.1) is 0 Å². The third-order valence-electron chi connectivity index (χ3n) is 5.32. The summed E-state index contributed by atoms with van der Waals surface area (Å²) in [7, 11) is -1.08. The minimum absolute atomic E-state index is 0.440. The second kappa shape index (κ2) is 8.48. The fourth-order valence-corrected chi connectivity index (χ4v) is 5.24. The molecule has 0 saturated heterocycles. The molecule has 106 valence electrons. The van der Waals surface area contributed by atoms with Crippen molar-refractivity contribution in [2.45, 2.75) is 60.8 Å². The molecule has 0 fully saturated rings. The molecule has 0 aromatic rings. The first-order chi connectivity index (χ1) is 8.07. The van der Waals surface area contributed by atoms with Gasteiger partial charge in [0.25, 0.3) is 0 Å². The van der Waals surface area contributed by atoms with Crippen LogP contribution in [0.5, 0.6) is 0 Å². The van der Waals surface area contributed by atoms with Crippen molar-refractivity contribution >= 4 is 7.26 Å². The van der Waals surface area contributed by atoms with Gasteiger partial charge in [0.1, 0.15) is 0 Å². The monoisotopic (exact) mass is 262 g/mol. The van der Waals surface area contributed by atoms with E-state index < -0.39 is 7.26 Å². The molecule has 0 atom stereocenters. The summed E-state index contributed by atoms with van der Waals surface area (Å²) in [5, 5.41) is 0. The van der Waals surface area contributed by atoms with Crippen LogP contribution in [0.3, 0.4) is 0 Å². The molecular weight excluding hydrogens is 227 g/mol. The van der Waals surface area contributed by atoms with Gasteiger partial charge in [0.2, 0.25) is 0 Å². The molecule has 0 aliphatic heterocycles.